The Morgan fingerprint density at radius 1 is 1.37 bits per heavy atom. The van der Waals surface area contributed by atoms with Crippen LogP contribution in [0.3, 0.4) is 0 Å². The number of hydrogen-bond acceptors (Lipinski definition) is 4. The van der Waals surface area contributed by atoms with Crippen molar-refractivity contribution in [3.63, 3.8) is 0 Å². The summed E-state index contributed by atoms with van der Waals surface area (Å²) in [5, 5.41) is 17.6. The lowest BCUT2D eigenvalue weighted by Gasteiger charge is -2.08. The highest BCUT2D eigenvalue weighted by atomic mass is 19.2. The number of nitrogens with zero attached hydrogens (tertiary/aromatic N) is 2. The Labute approximate surface area is 106 Å². The third-order valence-corrected chi connectivity index (χ3v) is 2.45. The highest BCUT2D eigenvalue weighted by Crippen LogP contribution is 2.20. The van der Waals surface area contributed by atoms with Crippen molar-refractivity contribution in [2.24, 2.45) is 0 Å². The van der Waals surface area contributed by atoms with Crippen molar-refractivity contribution < 1.29 is 18.7 Å². The smallest absolute Gasteiger partial charge is 0.338 e. The molecule has 1 heterocycles. The predicted molar refractivity (Wildman–Crippen MR) is 61.9 cm³/mol. The van der Waals surface area contributed by atoms with Gasteiger partial charge in [0.15, 0.2) is 11.6 Å². The molecule has 0 saturated carbocycles. The number of carbonyl (C=O) groups is 1. The number of halogens is 2. The van der Waals surface area contributed by atoms with Gasteiger partial charge in [0, 0.05) is 13.0 Å². The van der Waals surface area contributed by atoms with Gasteiger partial charge in [-0.05, 0) is 12.1 Å². The second-order valence-electron chi connectivity index (χ2n) is 3.70. The van der Waals surface area contributed by atoms with Crippen molar-refractivity contribution in [1.82, 2.24) is 15.2 Å². The minimum Gasteiger partial charge on any atom is -0.478 e. The van der Waals surface area contributed by atoms with Gasteiger partial charge < -0.3 is 10.4 Å². The van der Waals surface area contributed by atoms with Crippen LogP contribution in [-0.4, -0.2) is 32.8 Å². The molecule has 1 aromatic heterocycles. The van der Waals surface area contributed by atoms with E-state index in [2.05, 4.69) is 20.5 Å². The van der Waals surface area contributed by atoms with Crippen LogP contribution in [0.4, 0.5) is 14.5 Å². The van der Waals surface area contributed by atoms with Crippen molar-refractivity contribution in [3.05, 3.63) is 41.5 Å². The fraction of sp³-hybridized carbons (Fsp3) is 0.182. The van der Waals surface area contributed by atoms with Crippen molar-refractivity contribution in [2.45, 2.75) is 6.42 Å². The largest absolute Gasteiger partial charge is 0.478 e. The van der Waals surface area contributed by atoms with E-state index in [9.17, 15) is 13.6 Å². The number of aromatic carboxylic acids is 1. The zero-order chi connectivity index (χ0) is 13.8. The summed E-state index contributed by atoms with van der Waals surface area (Å²) in [6, 6.07) is 2.19. The molecule has 0 saturated heterocycles. The van der Waals surface area contributed by atoms with Gasteiger partial charge in [0.05, 0.1) is 11.3 Å². The molecule has 2 aromatic rings. The van der Waals surface area contributed by atoms with Crippen LogP contribution in [0.2, 0.25) is 0 Å². The predicted octanol–water partition coefficient (Wildman–Crippen LogP) is 1.44. The maximum atomic E-state index is 13.6. The number of carboxylic acid groups (broad SMARTS) is 1. The quantitative estimate of drug-likeness (QED) is 0.763. The van der Waals surface area contributed by atoms with E-state index in [0.29, 0.717) is 18.8 Å². The Kier molecular flexibility index (Phi) is 3.69. The van der Waals surface area contributed by atoms with Crippen molar-refractivity contribution in [3.8, 4) is 0 Å². The van der Waals surface area contributed by atoms with Gasteiger partial charge >= 0.3 is 5.97 Å². The van der Waals surface area contributed by atoms with Gasteiger partial charge in [0.1, 0.15) is 12.2 Å². The third-order valence-electron chi connectivity index (χ3n) is 2.45. The van der Waals surface area contributed by atoms with Crippen LogP contribution in [0.15, 0.2) is 18.5 Å². The minimum atomic E-state index is -1.51. The number of aromatic amines is 1. The first kappa shape index (κ1) is 12.9. The van der Waals surface area contributed by atoms with Gasteiger partial charge in [-0.1, -0.05) is 0 Å². The number of hydrogen-bond donors (Lipinski definition) is 3. The number of H-pyrrole nitrogens is 1. The molecule has 0 unspecified atom stereocenters. The average molecular weight is 268 g/mol. The summed E-state index contributed by atoms with van der Waals surface area (Å²) in [6.07, 6.45) is 1.79. The van der Waals surface area contributed by atoms with Gasteiger partial charge in [-0.25, -0.2) is 18.6 Å². The van der Waals surface area contributed by atoms with E-state index in [1.807, 2.05) is 0 Å². The summed E-state index contributed by atoms with van der Waals surface area (Å²) < 4.78 is 26.9. The van der Waals surface area contributed by atoms with E-state index in [-0.39, 0.29) is 5.69 Å². The van der Waals surface area contributed by atoms with Crippen LogP contribution in [0.1, 0.15) is 16.2 Å². The third kappa shape index (κ3) is 2.84. The summed E-state index contributed by atoms with van der Waals surface area (Å²) in [7, 11) is 0. The minimum absolute atomic E-state index is 0.0954. The molecule has 8 heteroatoms. The summed E-state index contributed by atoms with van der Waals surface area (Å²) >= 11 is 0. The number of rotatable bonds is 5. The van der Waals surface area contributed by atoms with Crippen LogP contribution >= 0.6 is 0 Å². The summed E-state index contributed by atoms with van der Waals surface area (Å²) in [4.78, 5) is 14.5. The van der Waals surface area contributed by atoms with E-state index in [4.69, 9.17) is 5.11 Å². The molecule has 0 aliphatic carbocycles. The average Bonchev–Trinajstić information content (AvgIpc) is 2.87. The Bertz CT molecular complexity index is 587. The standard InChI is InChI=1S/C11H10F2N4O2/c12-9-6(11(18)19)1-2-7(10(9)13)14-4-3-8-15-5-16-17-8/h1-2,5,14H,3-4H2,(H,18,19)(H,15,16,17). The van der Waals surface area contributed by atoms with Crippen molar-refractivity contribution >= 4 is 11.7 Å². The van der Waals surface area contributed by atoms with Gasteiger partial charge in [-0.2, -0.15) is 5.10 Å². The molecule has 6 nitrogen and oxygen atoms in total. The molecule has 0 fully saturated rings. The van der Waals surface area contributed by atoms with E-state index in [1.165, 1.54) is 12.4 Å². The first-order chi connectivity index (χ1) is 9.09. The Hall–Kier alpha value is -2.51. The van der Waals surface area contributed by atoms with Crippen LogP contribution in [0.25, 0.3) is 0 Å². The van der Waals surface area contributed by atoms with E-state index >= 15 is 0 Å². The second kappa shape index (κ2) is 5.42. The molecule has 0 aliphatic rings. The Balaban J connectivity index is 2.05. The van der Waals surface area contributed by atoms with E-state index in [0.717, 1.165) is 6.07 Å². The fourth-order valence-electron chi connectivity index (χ4n) is 1.52. The molecule has 0 aliphatic heterocycles. The summed E-state index contributed by atoms with van der Waals surface area (Å²) in [6.45, 7) is 0.304. The number of anilines is 1. The number of nitrogens with one attached hydrogen (secondary N) is 2. The lowest BCUT2D eigenvalue weighted by atomic mass is 10.2. The molecule has 2 rings (SSSR count). The van der Waals surface area contributed by atoms with Crippen LogP contribution in [-0.2, 0) is 6.42 Å². The molecule has 0 radical (unpaired) electrons. The summed E-state index contributed by atoms with van der Waals surface area (Å²) in [5.74, 6) is -3.49. The zero-order valence-corrected chi connectivity index (χ0v) is 9.65. The maximum Gasteiger partial charge on any atom is 0.338 e. The SMILES string of the molecule is O=C(O)c1ccc(NCCc2ncn[nH]2)c(F)c1F. The molecule has 0 spiro atoms. The lowest BCUT2D eigenvalue weighted by molar-refractivity contribution is 0.0690. The normalized spacial score (nSPS) is 10.4. The topological polar surface area (TPSA) is 90.9 Å². The molecular weight excluding hydrogens is 258 g/mol. The first-order valence-electron chi connectivity index (χ1n) is 5.39. The fourth-order valence-corrected chi connectivity index (χ4v) is 1.52. The van der Waals surface area contributed by atoms with Crippen LogP contribution < -0.4 is 5.32 Å². The van der Waals surface area contributed by atoms with E-state index < -0.39 is 23.2 Å². The molecule has 1 aromatic carbocycles. The Morgan fingerprint density at radius 3 is 2.79 bits per heavy atom. The van der Waals surface area contributed by atoms with Crippen molar-refractivity contribution in [2.75, 3.05) is 11.9 Å². The molecular formula is C11H10F2N4O2. The Morgan fingerprint density at radius 2 is 2.16 bits per heavy atom. The van der Waals surface area contributed by atoms with Gasteiger partial charge in [0.2, 0.25) is 0 Å². The molecule has 3 N–H and O–H groups in total. The van der Waals surface area contributed by atoms with Gasteiger partial charge in [0.25, 0.3) is 0 Å². The molecule has 100 valence electrons. The van der Waals surface area contributed by atoms with E-state index in [1.54, 1.807) is 0 Å². The van der Waals surface area contributed by atoms with Gasteiger partial charge in [-0.3, -0.25) is 5.10 Å². The molecule has 0 amide bonds. The van der Waals surface area contributed by atoms with Crippen LogP contribution in [0.5, 0.6) is 0 Å². The summed E-state index contributed by atoms with van der Waals surface area (Å²) in [5.41, 5.74) is -0.791. The highest BCUT2D eigenvalue weighted by Gasteiger charge is 2.17. The molecule has 0 bridgehead atoms. The zero-order valence-electron chi connectivity index (χ0n) is 9.65. The molecule has 19 heavy (non-hydrogen) atoms. The van der Waals surface area contributed by atoms with Crippen LogP contribution in [0, 0.1) is 11.6 Å². The monoisotopic (exact) mass is 268 g/mol. The molecule has 0 atom stereocenters. The lowest BCUT2D eigenvalue weighted by Crippen LogP contribution is -2.10. The second-order valence-corrected chi connectivity index (χ2v) is 3.70. The highest BCUT2D eigenvalue weighted by molar-refractivity contribution is 5.88. The number of benzene rings is 1. The van der Waals surface area contributed by atoms with Gasteiger partial charge in [-0.15, -0.1) is 0 Å². The number of aromatic nitrogens is 3. The first-order valence-corrected chi connectivity index (χ1v) is 5.39. The maximum absolute atomic E-state index is 13.6. The van der Waals surface area contributed by atoms with Crippen molar-refractivity contribution in [1.29, 1.82) is 0 Å². The number of carboxylic acids is 1.